The van der Waals surface area contributed by atoms with Crippen molar-refractivity contribution in [2.45, 2.75) is 62.7 Å². The zero-order chi connectivity index (χ0) is 20.8. The summed E-state index contributed by atoms with van der Waals surface area (Å²) in [5.41, 5.74) is 1.90. The summed E-state index contributed by atoms with van der Waals surface area (Å²) in [6, 6.07) is 11.5. The van der Waals surface area contributed by atoms with Crippen molar-refractivity contribution >= 4 is 30.1 Å². The van der Waals surface area contributed by atoms with Crippen LogP contribution in [0.2, 0.25) is 0 Å². The van der Waals surface area contributed by atoms with E-state index in [9.17, 15) is 9.18 Å². The maximum absolute atomic E-state index is 13.3. The smallest absolute Gasteiger partial charge is 0.399 e. The molecule has 0 amide bonds. The van der Waals surface area contributed by atoms with Gasteiger partial charge in [-0.2, -0.15) is 11.8 Å². The number of carbonyl (C=O) groups excluding carboxylic acids is 1. The zero-order valence-electron chi connectivity index (χ0n) is 17.3. The molecule has 0 N–H and O–H groups in total. The molecule has 0 atom stereocenters. The molecule has 152 valence electrons. The first-order chi connectivity index (χ1) is 13.7. The minimum atomic E-state index is -0.620. The van der Waals surface area contributed by atoms with Crippen molar-refractivity contribution in [1.29, 1.82) is 0 Å². The van der Waals surface area contributed by atoms with E-state index >= 15 is 0 Å². The van der Waals surface area contributed by atoms with Gasteiger partial charge in [0.1, 0.15) is 5.82 Å². The standard InChI is InChI=1S/C23H26BFO3S/c1-22(2)23(3,4)28-24(27-22)20-13-15(14-29-18-10-11-18)5-12-19(20)21(26)16-6-8-17(25)9-7-16/h5-9,12-13,18H,10-11,14H2,1-4H3. The molecule has 0 bridgehead atoms. The quantitative estimate of drug-likeness (QED) is 0.507. The highest BCUT2D eigenvalue weighted by atomic mass is 32.2. The SMILES string of the molecule is CC1(C)OB(c2cc(CSC3CC3)ccc2C(=O)c2ccc(F)cc2)OC1(C)C. The lowest BCUT2D eigenvalue weighted by atomic mass is 9.73. The second-order valence-electron chi connectivity index (χ2n) is 8.86. The maximum Gasteiger partial charge on any atom is 0.495 e. The van der Waals surface area contributed by atoms with Crippen LogP contribution in [0.5, 0.6) is 0 Å². The molecule has 1 aliphatic heterocycles. The van der Waals surface area contributed by atoms with Crippen molar-refractivity contribution in [1.82, 2.24) is 0 Å². The molecular weight excluding hydrogens is 386 g/mol. The number of ketones is 1. The number of thioether (sulfide) groups is 1. The van der Waals surface area contributed by atoms with Crippen LogP contribution < -0.4 is 5.46 Å². The van der Waals surface area contributed by atoms with Crippen LogP contribution in [-0.4, -0.2) is 29.4 Å². The molecule has 1 saturated heterocycles. The van der Waals surface area contributed by atoms with E-state index in [0.717, 1.165) is 22.0 Å². The summed E-state index contributed by atoms with van der Waals surface area (Å²) in [6.45, 7) is 8.01. The summed E-state index contributed by atoms with van der Waals surface area (Å²) in [6.07, 6.45) is 2.58. The Hall–Kier alpha value is -1.63. The largest absolute Gasteiger partial charge is 0.495 e. The number of hydrogen-bond donors (Lipinski definition) is 0. The first-order valence-corrected chi connectivity index (χ1v) is 11.1. The normalized spacial score (nSPS) is 20.1. The van der Waals surface area contributed by atoms with Crippen molar-refractivity contribution in [2.24, 2.45) is 0 Å². The van der Waals surface area contributed by atoms with Crippen molar-refractivity contribution < 1.29 is 18.5 Å². The molecule has 6 heteroatoms. The van der Waals surface area contributed by atoms with Crippen LogP contribution in [0.4, 0.5) is 4.39 Å². The van der Waals surface area contributed by atoms with Gasteiger partial charge in [0.15, 0.2) is 5.78 Å². The number of benzene rings is 2. The first kappa shape index (κ1) is 20.6. The van der Waals surface area contributed by atoms with E-state index in [0.29, 0.717) is 11.1 Å². The molecule has 0 aromatic heterocycles. The van der Waals surface area contributed by atoms with Gasteiger partial charge >= 0.3 is 7.12 Å². The van der Waals surface area contributed by atoms with E-state index in [1.54, 1.807) is 0 Å². The minimum absolute atomic E-state index is 0.156. The number of hydrogen-bond acceptors (Lipinski definition) is 4. The summed E-state index contributed by atoms with van der Waals surface area (Å²) in [5, 5.41) is 0.760. The minimum Gasteiger partial charge on any atom is -0.399 e. The highest BCUT2D eigenvalue weighted by Crippen LogP contribution is 2.38. The molecule has 2 fully saturated rings. The van der Waals surface area contributed by atoms with E-state index in [1.165, 1.54) is 37.1 Å². The highest BCUT2D eigenvalue weighted by Gasteiger charge is 2.52. The van der Waals surface area contributed by atoms with E-state index in [-0.39, 0.29) is 11.6 Å². The molecule has 2 aromatic rings. The lowest BCUT2D eigenvalue weighted by molar-refractivity contribution is 0.00578. The summed E-state index contributed by atoms with van der Waals surface area (Å²) < 4.78 is 25.8. The van der Waals surface area contributed by atoms with E-state index in [4.69, 9.17) is 9.31 Å². The van der Waals surface area contributed by atoms with E-state index in [1.807, 2.05) is 57.7 Å². The Morgan fingerprint density at radius 2 is 1.69 bits per heavy atom. The average Bonchev–Trinajstić information content (AvgIpc) is 3.46. The molecule has 3 nitrogen and oxygen atoms in total. The summed E-state index contributed by atoms with van der Waals surface area (Å²) in [5.74, 6) is 0.388. The topological polar surface area (TPSA) is 35.5 Å². The predicted octanol–water partition coefficient (Wildman–Crippen LogP) is 4.75. The molecule has 2 aliphatic rings. The molecule has 29 heavy (non-hydrogen) atoms. The first-order valence-electron chi connectivity index (χ1n) is 10.1. The van der Waals surface area contributed by atoms with Crippen molar-refractivity contribution in [3.63, 3.8) is 0 Å². The van der Waals surface area contributed by atoms with Crippen LogP contribution in [0.1, 0.15) is 62.0 Å². The van der Waals surface area contributed by atoms with Gasteiger partial charge in [0.25, 0.3) is 0 Å². The van der Waals surface area contributed by atoms with Gasteiger partial charge < -0.3 is 9.31 Å². The van der Waals surface area contributed by atoms with Gasteiger partial charge in [0.05, 0.1) is 11.2 Å². The summed E-state index contributed by atoms with van der Waals surface area (Å²) in [4.78, 5) is 13.2. The fourth-order valence-corrected chi connectivity index (χ4v) is 4.36. The molecular formula is C23H26BFO3S. The fourth-order valence-electron chi connectivity index (χ4n) is 3.28. The van der Waals surface area contributed by atoms with Gasteiger partial charge in [0, 0.05) is 22.1 Å². The Morgan fingerprint density at radius 3 is 2.28 bits per heavy atom. The lowest BCUT2D eigenvalue weighted by Gasteiger charge is -2.32. The number of rotatable bonds is 6. The Balaban J connectivity index is 1.70. The summed E-state index contributed by atoms with van der Waals surface area (Å²) in [7, 11) is -0.620. The van der Waals surface area contributed by atoms with Gasteiger partial charge in [-0.25, -0.2) is 4.39 Å². The molecule has 1 aliphatic carbocycles. The molecule has 1 heterocycles. The van der Waals surface area contributed by atoms with Gasteiger partial charge in [0.2, 0.25) is 0 Å². The second kappa shape index (κ2) is 7.57. The number of carbonyl (C=O) groups is 1. The summed E-state index contributed by atoms with van der Waals surface area (Å²) >= 11 is 1.95. The van der Waals surface area contributed by atoms with Gasteiger partial charge in [-0.1, -0.05) is 18.2 Å². The third-order valence-corrected chi connectivity index (χ3v) is 7.43. The second-order valence-corrected chi connectivity index (χ2v) is 10.1. The Labute approximate surface area is 176 Å². The molecule has 0 radical (unpaired) electrons. The van der Waals surface area contributed by atoms with Crippen LogP contribution in [0, 0.1) is 5.82 Å². The monoisotopic (exact) mass is 412 g/mol. The molecule has 0 unspecified atom stereocenters. The van der Waals surface area contributed by atoms with Gasteiger partial charge in [-0.3, -0.25) is 4.79 Å². The molecule has 0 spiro atoms. The Morgan fingerprint density at radius 1 is 1.07 bits per heavy atom. The molecule has 1 saturated carbocycles. The average molecular weight is 412 g/mol. The van der Waals surface area contributed by atoms with Crippen LogP contribution in [0.15, 0.2) is 42.5 Å². The maximum atomic E-state index is 13.3. The zero-order valence-corrected chi connectivity index (χ0v) is 18.1. The third kappa shape index (κ3) is 4.30. The van der Waals surface area contributed by atoms with Gasteiger partial charge in [-0.15, -0.1) is 0 Å². The van der Waals surface area contributed by atoms with Crippen LogP contribution >= 0.6 is 11.8 Å². The third-order valence-electron chi connectivity index (χ3n) is 5.98. The highest BCUT2D eigenvalue weighted by molar-refractivity contribution is 7.99. The molecule has 2 aromatic carbocycles. The lowest BCUT2D eigenvalue weighted by Crippen LogP contribution is -2.41. The van der Waals surface area contributed by atoms with Crippen LogP contribution in [0.25, 0.3) is 0 Å². The predicted molar refractivity (Wildman–Crippen MR) is 116 cm³/mol. The van der Waals surface area contributed by atoms with Crippen LogP contribution in [-0.2, 0) is 15.1 Å². The van der Waals surface area contributed by atoms with Crippen LogP contribution in [0.3, 0.4) is 0 Å². The van der Waals surface area contributed by atoms with Gasteiger partial charge in [-0.05, 0) is 75.8 Å². The van der Waals surface area contributed by atoms with Crippen molar-refractivity contribution in [3.05, 3.63) is 65.0 Å². The fraction of sp³-hybridized carbons (Fsp3) is 0.435. The van der Waals surface area contributed by atoms with Crippen molar-refractivity contribution in [2.75, 3.05) is 0 Å². The van der Waals surface area contributed by atoms with E-state index in [2.05, 4.69) is 0 Å². The Kier molecular flexibility index (Phi) is 5.39. The number of halogens is 1. The Bertz CT molecular complexity index is 906. The van der Waals surface area contributed by atoms with E-state index < -0.39 is 18.3 Å². The molecule has 4 rings (SSSR count). The van der Waals surface area contributed by atoms with Crippen molar-refractivity contribution in [3.8, 4) is 0 Å².